The number of benzene rings is 1. The fourth-order valence-electron chi connectivity index (χ4n) is 1.26. The number of anilines is 1. The number of carbonyl (C=O) groups is 1. The highest BCUT2D eigenvalue weighted by atomic mass is 79.9. The summed E-state index contributed by atoms with van der Waals surface area (Å²) in [7, 11) is 0. The lowest BCUT2D eigenvalue weighted by atomic mass is 10.1. The van der Waals surface area contributed by atoms with Gasteiger partial charge in [0.1, 0.15) is 0 Å². The van der Waals surface area contributed by atoms with E-state index in [-0.39, 0.29) is 5.91 Å². The fraction of sp³-hybridized carbons (Fsp3) is 0.273. The second-order valence-electron chi connectivity index (χ2n) is 3.20. The van der Waals surface area contributed by atoms with Crippen LogP contribution in [-0.2, 0) is 4.79 Å². The minimum atomic E-state index is -0.127. The summed E-state index contributed by atoms with van der Waals surface area (Å²) in [6.45, 7) is 3.38. The first-order chi connectivity index (χ1) is 7.04. The van der Waals surface area contributed by atoms with E-state index >= 15 is 0 Å². The van der Waals surface area contributed by atoms with Crippen LogP contribution in [0.5, 0.6) is 0 Å². The van der Waals surface area contributed by atoms with E-state index in [1.54, 1.807) is 6.07 Å². The number of nitrogens with one attached hydrogen (secondary N) is 2. The summed E-state index contributed by atoms with van der Waals surface area (Å²) in [5, 5.41) is 10.5. The molecule has 0 saturated carbocycles. The van der Waals surface area contributed by atoms with E-state index in [1.165, 1.54) is 6.92 Å². The third-order valence-corrected chi connectivity index (χ3v) is 2.46. The lowest BCUT2D eigenvalue weighted by molar-refractivity contribution is -0.114. The normalized spacial score (nSPS) is 9.80. The molecule has 0 heterocycles. The number of hydrogen-bond donors (Lipinski definition) is 2. The van der Waals surface area contributed by atoms with Crippen LogP contribution in [0, 0.1) is 5.41 Å². The number of halogens is 1. The van der Waals surface area contributed by atoms with E-state index in [1.807, 2.05) is 19.1 Å². The standard InChI is InChI=1S/C11H13BrN2O/c1-3-10(13)9-5-4-8(12)6-11(9)14-7(2)15/h4-6,13H,3H2,1-2H3,(H,14,15). The average molecular weight is 269 g/mol. The first-order valence-corrected chi connectivity index (χ1v) is 5.48. The molecule has 0 bridgehead atoms. The minimum absolute atomic E-state index is 0.127. The Bertz CT molecular complexity index is 402. The maximum absolute atomic E-state index is 11.0. The van der Waals surface area contributed by atoms with E-state index in [4.69, 9.17) is 5.41 Å². The van der Waals surface area contributed by atoms with Gasteiger partial charge in [0.2, 0.25) is 5.91 Å². The molecular weight excluding hydrogens is 256 g/mol. The van der Waals surface area contributed by atoms with Gasteiger partial charge < -0.3 is 10.7 Å². The van der Waals surface area contributed by atoms with Crippen molar-refractivity contribution < 1.29 is 4.79 Å². The molecule has 0 fully saturated rings. The van der Waals surface area contributed by atoms with E-state index in [2.05, 4.69) is 21.2 Å². The summed E-state index contributed by atoms with van der Waals surface area (Å²) in [6.07, 6.45) is 0.647. The van der Waals surface area contributed by atoms with Gasteiger partial charge in [0.05, 0.1) is 5.69 Å². The van der Waals surface area contributed by atoms with Crippen LogP contribution >= 0.6 is 15.9 Å². The molecule has 0 aromatic heterocycles. The van der Waals surface area contributed by atoms with Crippen LogP contribution in [0.1, 0.15) is 25.8 Å². The number of rotatable bonds is 3. The van der Waals surface area contributed by atoms with Gasteiger partial charge in [-0.1, -0.05) is 22.9 Å². The van der Waals surface area contributed by atoms with Gasteiger partial charge in [-0.25, -0.2) is 0 Å². The van der Waals surface area contributed by atoms with Crippen molar-refractivity contribution >= 4 is 33.2 Å². The predicted octanol–water partition coefficient (Wildman–Crippen LogP) is 3.19. The Hall–Kier alpha value is -1.16. The predicted molar refractivity (Wildman–Crippen MR) is 65.6 cm³/mol. The summed E-state index contributed by atoms with van der Waals surface area (Å²) in [6, 6.07) is 5.51. The van der Waals surface area contributed by atoms with E-state index < -0.39 is 0 Å². The Labute approximate surface area is 97.5 Å². The van der Waals surface area contributed by atoms with E-state index in [9.17, 15) is 4.79 Å². The topological polar surface area (TPSA) is 53.0 Å². The second kappa shape index (κ2) is 5.07. The highest BCUT2D eigenvalue weighted by Crippen LogP contribution is 2.22. The van der Waals surface area contributed by atoms with Crippen molar-refractivity contribution in [1.29, 1.82) is 5.41 Å². The molecule has 0 atom stereocenters. The molecule has 1 aromatic carbocycles. The van der Waals surface area contributed by atoms with Gasteiger partial charge in [-0.2, -0.15) is 0 Å². The van der Waals surface area contributed by atoms with E-state index in [0.29, 0.717) is 17.8 Å². The molecule has 15 heavy (non-hydrogen) atoms. The molecular formula is C11H13BrN2O. The third-order valence-electron chi connectivity index (χ3n) is 1.97. The van der Waals surface area contributed by atoms with Crippen molar-refractivity contribution in [3.63, 3.8) is 0 Å². The van der Waals surface area contributed by atoms with Crippen molar-refractivity contribution in [2.75, 3.05) is 5.32 Å². The Balaban J connectivity index is 3.13. The molecule has 1 rings (SSSR count). The summed E-state index contributed by atoms with van der Waals surface area (Å²) >= 11 is 3.34. The molecule has 1 aromatic rings. The number of hydrogen-bond acceptors (Lipinski definition) is 2. The summed E-state index contributed by atoms with van der Waals surface area (Å²) in [5.41, 5.74) is 1.98. The highest BCUT2D eigenvalue weighted by molar-refractivity contribution is 9.10. The first kappa shape index (κ1) is 11.9. The average Bonchev–Trinajstić information content (AvgIpc) is 2.16. The van der Waals surface area contributed by atoms with Crippen LogP contribution in [-0.4, -0.2) is 11.6 Å². The van der Waals surface area contributed by atoms with Crippen LogP contribution in [0.3, 0.4) is 0 Å². The van der Waals surface area contributed by atoms with Crippen molar-refractivity contribution in [3.05, 3.63) is 28.2 Å². The zero-order valence-corrected chi connectivity index (χ0v) is 10.3. The third kappa shape index (κ3) is 3.16. The van der Waals surface area contributed by atoms with Crippen molar-refractivity contribution in [2.45, 2.75) is 20.3 Å². The Morgan fingerprint density at radius 2 is 2.20 bits per heavy atom. The maximum Gasteiger partial charge on any atom is 0.221 e. The van der Waals surface area contributed by atoms with Crippen LogP contribution < -0.4 is 5.32 Å². The SMILES string of the molecule is CCC(=N)c1ccc(Br)cc1NC(C)=O. The lowest BCUT2D eigenvalue weighted by Gasteiger charge is -2.10. The molecule has 2 N–H and O–H groups in total. The largest absolute Gasteiger partial charge is 0.326 e. The van der Waals surface area contributed by atoms with Crippen LogP contribution in [0.25, 0.3) is 0 Å². The Morgan fingerprint density at radius 3 is 2.73 bits per heavy atom. The fourth-order valence-corrected chi connectivity index (χ4v) is 1.62. The van der Waals surface area contributed by atoms with Crippen LogP contribution in [0.15, 0.2) is 22.7 Å². The summed E-state index contributed by atoms with van der Waals surface area (Å²) < 4.78 is 0.888. The van der Waals surface area contributed by atoms with Gasteiger partial charge in [-0.3, -0.25) is 4.79 Å². The summed E-state index contributed by atoms with van der Waals surface area (Å²) in [5.74, 6) is -0.127. The molecule has 3 nitrogen and oxygen atoms in total. The quantitative estimate of drug-likeness (QED) is 0.813. The van der Waals surface area contributed by atoms with Crippen LogP contribution in [0.2, 0.25) is 0 Å². The monoisotopic (exact) mass is 268 g/mol. The molecule has 0 spiro atoms. The zero-order valence-electron chi connectivity index (χ0n) is 8.73. The number of amides is 1. The van der Waals surface area contributed by atoms with Gasteiger partial charge in [0, 0.05) is 22.7 Å². The zero-order chi connectivity index (χ0) is 11.4. The van der Waals surface area contributed by atoms with Crippen molar-refractivity contribution in [3.8, 4) is 0 Å². The number of carbonyl (C=O) groups excluding carboxylic acids is 1. The maximum atomic E-state index is 11.0. The van der Waals surface area contributed by atoms with Gasteiger partial charge in [0.25, 0.3) is 0 Å². The van der Waals surface area contributed by atoms with E-state index in [0.717, 1.165) is 10.0 Å². The first-order valence-electron chi connectivity index (χ1n) is 4.69. The smallest absolute Gasteiger partial charge is 0.221 e. The molecule has 0 unspecified atom stereocenters. The molecule has 0 aliphatic rings. The Morgan fingerprint density at radius 1 is 1.53 bits per heavy atom. The molecule has 1 amide bonds. The molecule has 80 valence electrons. The highest BCUT2D eigenvalue weighted by Gasteiger charge is 2.08. The lowest BCUT2D eigenvalue weighted by Crippen LogP contribution is -2.10. The van der Waals surface area contributed by atoms with Gasteiger partial charge in [-0.15, -0.1) is 0 Å². The summed E-state index contributed by atoms with van der Waals surface area (Å²) in [4.78, 5) is 11.0. The van der Waals surface area contributed by atoms with Gasteiger partial charge >= 0.3 is 0 Å². The second-order valence-corrected chi connectivity index (χ2v) is 4.12. The molecule has 0 aliphatic carbocycles. The van der Waals surface area contributed by atoms with Crippen LogP contribution in [0.4, 0.5) is 5.69 Å². The molecule has 0 radical (unpaired) electrons. The van der Waals surface area contributed by atoms with Crippen molar-refractivity contribution in [1.82, 2.24) is 0 Å². The molecule has 0 aliphatic heterocycles. The van der Waals surface area contributed by atoms with Gasteiger partial charge in [0.15, 0.2) is 0 Å². The Kier molecular flexibility index (Phi) is 4.03. The molecule has 4 heteroatoms. The van der Waals surface area contributed by atoms with Crippen molar-refractivity contribution in [2.24, 2.45) is 0 Å². The van der Waals surface area contributed by atoms with Gasteiger partial charge in [-0.05, 0) is 24.6 Å². The molecule has 0 saturated heterocycles. The minimum Gasteiger partial charge on any atom is -0.326 e.